The third-order valence-electron chi connectivity index (χ3n) is 4.47. The summed E-state index contributed by atoms with van der Waals surface area (Å²) in [6.07, 6.45) is -3.38. The molecule has 2 aromatic rings. The number of rotatable bonds is 7. The van der Waals surface area contributed by atoms with Crippen molar-refractivity contribution in [2.24, 2.45) is 5.73 Å². The number of aliphatic hydroxyl groups is 3. The van der Waals surface area contributed by atoms with Crippen molar-refractivity contribution in [3.05, 3.63) is 12.7 Å². The second-order valence-electron chi connectivity index (χ2n) is 6.47. The Morgan fingerprint density at radius 2 is 2.03 bits per heavy atom. The number of aromatic amines is 1. The number of nitrogens with zero attached hydrogens (tertiary/aromatic N) is 3. The predicted octanol–water partition coefficient (Wildman–Crippen LogP) is -3.51. The Bertz CT molecular complexity index is 876. The number of aromatic nitrogens is 4. The summed E-state index contributed by atoms with van der Waals surface area (Å²) in [5.74, 6) is -1.90. The molecule has 0 aromatic carbocycles. The largest absolute Gasteiger partial charge is 0.481 e. The van der Waals surface area contributed by atoms with E-state index in [1.54, 1.807) is 0 Å². The summed E-state index contributed by atoms with van der Waals surface area (Å²) in [6.45, 7) is -0.607. The first-order valence-corrected chi connectivity index (χ1v) is 8.62. The van der Waals surface area contributed by atoms with Crippen LogP contribution < -0.4 is 16.4 Å². The first-order chi connectivity index (χ1) is 13.8. The standard InChI is InChI=1S/C15H21N7O7/c16-5(1-7(24)25)14(28)21-8-6(2-23)29-15(11(27)10(8)26)22-13-9-12(18-3-17-9)19-4-20-13/h3-6,8,10-11,15,23,26-27H,1-2,16H2,(H,21,28)(H,24,25)(H2,17,18,19,20,22)/t5-,6-,8-,10+,11-,15-/m0/s1. The van der Waals surface area contributed by atoms with Gasteiger partial charge >= 0.3 is 5.97 Å². The Morgan fingerprint density at radius 3 is 2.72 bits per heavy atom. The second-order valence-corrected chi connectivity index (χ2v) is 6.47. The number of aliphatic carboxylic acids is 1. The van der Waals surface area contributed by atoms with Gasteiger partial charge < -0.3 is 46.5 Å². The van der Waals surface area contributed by atoms with Crippen LogP contribution in [0.5, 0.6) is 0 Å². The van der Waals surface area contributed by atoms with E-state index < -0.39 is 61.5 Å². The van der Waals surface area contributed by atoms with E-state index in [1.807, 2.05) is 0 Å². The molecule has 2 aromatic heterocycles. The van der Waals surface area contributed by atoms with Crippen LogP contribution in [0.3, 0.4) is 0 Å². The van der Waals surface area contributed by atoms with Crippen LogP contribution in [0.25, 0.3) is 11.2 Å². The maximum absolute atomic E-state index is 12.1. The Kier molecular flexibility index (Phi) is 6.19. The fourth-order valence-electron chi connectivity index (χ4n) is 2.98. The number of hydrogen-bond donors (Lipinski definition) is 8. The van der Waals surface area contributed by atoms with Gasteiger partial charge in [0.2, 0.25) is 5.91 Å². The molecule has 6 atom stereocenters. The minimum Gasteiger partial charge on any atom is -0.481 e. The summed E-state index contributed by atoms with van der Waals surface area (Å²) in [6, 6.07) is -2.60. The van der Waals surface area contributed by atoms with Crippen LogP contribution in [0, 0.1) is 0 Å². The summed E-state index contributed by atoms with van der Waals surface area (Å²) in [5.41, 5.74) is 6.30. The summed E-state index contributed by atoms with van der Waals surface area (Å²) < 4.78 is 5.58. The fraction of sp³-hybridized carbons (Fsp3) is 0.533. The molecule has 1 saturated heterocycles. The number of carboxylic acid groups (broad SMARTS) is 1. The van der Waals surface area contributed by atoms with Gasteiger partial charge in [-0.1, -0.05) is 0 Å². The number of ether oxygens (including phenoxy) is 1. The summed E-state index contributed by atoms with van der Waals surface area (Å²) >= 11 is 0. The van der Waals surface area contributed by atoms with E-state index in [-0.39, 0.29) is 5.82 Å². The normalized spacial score (nSPS) is 28.1. The molecule has 1 aliphatic heterocycles. The topological polar surface area (TPSA) is 229 Å². The van der Waals surface area contributed by atoms with E-state index >= 15 is 0 Å². The maximum Gasteiger partial charge on any atom is 0.305 e. The van der Waals surface area contributed by atoms with Gasteiger partial charge in [-0.15, -0.1) is 0 Å². The highest BCUT2D eigenvalue weighted by atomic mass is 16.5. The van der Waals surface area contributed by atoms with Crippen molar-refractivity contribution in [3.8, 4) is 0 Å². The lowest BCUT2D eigenvalue weighted by Gasteiger charge is -2.43. The van der Waals surface area contributed by atoms with E-state index in [2.05, 4.69) is 30.6 Å². The van der Waals surface area contributed by atoms with Gasteiger partial charge in [-0.3, -0.25) is 9.59 Å². The van der Waals surface area contributed by atoms with Gasteiger partial charge in [0.15, 0.2) is 17.7 Å². The molecule has 14 nitrogen and oxygen atoms in total. The van der Waals surface area contributed by atoms with Gasteiger partial charge in [0, 0.05) is 0 Å². The Balaban J connectivity index is 1.73. The molecule has 158 valence electrons. The van der Waals surface area contributed by atoms with Crippen LogP contribution in [0.2, 0.25) is 0 Å². The average molecular weight is 411 g/mol. The molecular formula is C15H21N7O7. The minimum absolute atomic E-state index is 0.242. The predicted molar refractivity (Wildman–Crippen MR) is 95.2 cm³/mol. The Morgan fingerprint density at radius 1 is 1.28 bits per heavy atom. The van der Waals surface area contributed by atoms with Crippen LogP contribution >= 0.6 is 0 Å². The smallest absolute Gasteiger partial charge is 0.305 e. The molecule has 9 N–H and O–H groups in total. The highest BCUT2D eigenvalue weighted by Gasteiger charge is 2.45. The third-order valence-corrected chi connectivity index (χ3v) is 4.47. The number of hydrogen-bond acceptors (Lipinski definition) is 11. The van der Waals surface area contributed by atoms with Crippen LogP contribution in [-0.4, -0.2) is 95.5 Å². The van der Waals surface area contributed by atoms with Gasteiger partial charge in [-0.25, -0.2) is 15.0 Å². The molecule has 1 amide bonds. The fourth-order valence-corrected chi connectivity index (χ4v) is 2.98. The Hall–Kier alpha value is -2.91. The molecule has 1 aliphatic rings. The van der Waals surface area contributed by atoms with Crippen LogP contribution in [0.4, 0.5) is 5.82 Å². The Labute approximate surface area is 163 Å². The average Bonchev–Trinajstić information content (AvgIpc) is 3.16. The minimum atomic E-state index is -1.56. The van der Waals surface area contributed by atoms with Gasteiger partial charge in [-0.05, 0) is 0 Å². The van der Waals surface area contributed by atoms with Crippen molar-refractivity contribution in [1.82, 2.24) is 25.3 Å². The molecule has 0 saturated carbocycles. The zero-order valence-corrected chi connectivity index (χ0v) is 15.0. The number of nitrogens with one attached hydrogen (secondary N) is 3. The van der Waals surface area contributed by atoms with Crippen LogP contribution in [0.1, 0.15) is 6.42 Å². The summed E-state index contributed by atoms with van der Waals surface area (Å²) in [7, 11) is 0. The molecule has 29 heavy (non-hydrogen) atoms. The number of imidazole rings is 1. The quantitative estimate of drug-likeness (QED) is 0.222. The SMILES string of the molecule is N[C@@H](CC(=O)O)C(=O)N[C@@H]1[C@@H](O)[C@H](O)[C@@H](Nc2ncnc3nc[nH]c23)O[C@H]1CO. The lowest BCUT2D eigenvalue weighted by Crippen LogP contribution is -2.67. The number of nitrogens with two attached hydrogens (primary N) is 1. The zero-order chi connectivity index (χ0) is 21.1. The number of carboxylic acids is 1. The molecule has 0 spiro atoms. The maximum atomic E-state index is 12.1. The van der Waals surface area contributed by atoms with E-state index in [0.29, 0.717) is 11.2 Å². The summed E-state index contributed by atoms with van der Waals surface area (Å²) in [4.78, 5) is 37.6. The molecule has 3 heterocycles. The van der Waals surface area contributed by atoms with Crippen LogP contribution in [0.15, 0.2) is 12.7 Å². The van der Waals surface area contributed by atoms with Crippen molar-refractivity contribution in [3.63, 3.8) is 0 Å². The molecule has 1 fully saturated rings. The van der Waals surface area contributed by atoms with Crippen LogP contribution in [-0.2, 0) is 14.3 Å². The molecule has 0 bridgehead atoms. The molecule has 0 aliphatic carbocycles. The van der Waals surface area contributed by atoms with Crippen molar-refractivity contribution in [2.75, 3.05) is 11.9 Å². The second kappa shape index (κ2) is 8.62. The van der Waals surface area contributed by atoms with Gasteiger partial charge in [0.25, 0.3) is 0 Å². The van der Waals surface area contributed by atoms with E-state index in [1.165, 1.54) is 12.7 Å². The van der Waals surface area contributed by atoms with Crippen molar-refractivity contribution in [1.29, 1.82) is 0 Å². The van der Waals surface area contributed by atoms with E-state index in [0.717, 1.165) is 0 Å². The van der Waals surface area contributed by atoms with Crippen molar-refractivity contribution >= 4 is 28.9 Å². The zero-order valence-electron chi connectivity index (χ0n) is 15.0. The van der Waals surface area contributed by atoms with Crippen molar-refractivity contribution in [2.45, 2.75) is 43.0 Å². The highest BCUT2D eigenvalue weighted by molar-refractivity contribution is 5.86. The first kappa shape index (κ1) is 20.8. The molecule has 3 rings (SSSR count). The van der Waals surface area contributed by atoms with Crippen molar-refractivity contribution < 1.29 is 34.8 Å². The summed E-state index contributed by atoms with van der Waals surface area (Å²) in [5, 5.41) is 44.4. The number of amides is 1. The molecule has 0 unspecified atom stereocenters. The number of carbonyl (C=O) groups excluding carboxylic acids is 1. The lowest BCUT2D eigenvalue weighted by atomic mass is 9.95. The third kappa shape index (κ3) is 4.41. The molecule has 0 radical (unpaired) electrons. The number of carbonyl (C=O) groups is 2. The van der Waals surface area contributed by atoms with Gasteiger partial charge in [0.1, 0.15) is 30.2 Å². The number of aliphatic hydroxyl groups excluding tert-OH is 3. The molecule has 14 heteroatoms. The lowest BCUT2D eigenvalue weighted by molar-refractivity contribution is -0.185. The van der Waals surface area contributed by atoms with E-state index in [9.17, 15) is 24.9 Å². The number of H-pyrrole nitrogens is 1. The molecular weight excluding hydrogens is 390 g/mol. The first-order valence-electron chi connectivity index (χ1n) is 8.62. The highest BCUT2D eigenvalue weighted by Crippen LogP contribution is 2.24. The van der Waals surface area contributed by atoms with Gasteiger partial charge in [-0.2, -0.15) is 0 Å². The van der Waals surface area contributed by atoms with E-state index in [4.69, 9.17) is 15.6 Å². The number of fused-ring (bicyclic) bond motifs is 1. The number of anilines is 1. The monoisotopic (exact) mass is 411 g/mol. The van der Waals surface area contributed by atoms with Gasteiger partial charge in [0.05, 0.1) is 31.4 Å².